The smallest absolute Gasteiger partial charge is 0.274 e. The zero-order chi connectivity index (χ0) is 15.9. The predicted molar refractivity (Wildman–Crippen MR) is 80.3 cm³/mol. The molecule has 4 aliphatic carbocycles. The van der Waals surface area contributed by atoms with Crippen LogP contribution in [0.15, 0.2) is 36.4 Å². The van der Waals surface area contributed by atoms with Crippen LogP contribution in [0.25, 0.3) is 0 Å². The normalized spacial score (nSPS) is 39.4. The van der Waals surface area contributed by atoms with E-state index < -0.39 is 4.92 Å². The number of imide groups is 1. The van der Waals surface area contributed by atoms with Crippen molar-refractivity contribution in [3.63, 3.8) is 0 Å². The molecule has 5 aliphatic rings. The topological polar surface area (TPSA) is 80.5 Å². The van der Waals surface area contributed by atoms with Crippen LogP contribution < -0.4 is 4.90 Å². The zero-order valence-corrected chi connectivity index (χ0v) is 12.2. The molecule has 6 atom stereocenters. The molecule has 6 rings (SSSR count). The summed E-state index contributed by atoms with van der Waals surface area (Å²) in [5.41, 5.74) is -0.0896. The summed E-state index contributed by atoms with van der Waals surface area (Å²) >= 11 is 0. The monoisotopic (exact) mass is 310 g/mol. The van der Waals surface area contributed by atoms with Gasteiger partial charge >= 0.3 is 0 Å². The Morgan fingerprint density at radius 1 is 1.00 bits per heavy atom. The average Bonchev–Trinajstić information content (AvgIpc) is 3.32. The molecule has 0 aromatic heterocycles. The Balaban J connectivity index is 1.61. The maximum absolute atomic E-state index is 12.9. The number of carbonyl (C=O) groups is 2. The Morgan fingerprint density at radius 2 is 1.57 bits per heavy atom. The first-order chi connectivity index (χ1) is 11.1. The summed E-state index contributed by atoms with van der Waals surface area (Å²) < 4.78 is 0. The predicted octanol–water partition coefficient (Wildman–Crippen LogP) is 2.15. The number of allylic oxidation sites excluding steroid dienone is 2. The fourth-order valence-corrected chi connectivity index (χ4v) is 5.00. The summed E-state index contributed by atoms with van der Waals surface area (Å²) in [6, 6.07) is 5.98. The molecular formula is C17H14N2O4. The molecule has 6 nitrogen and oxygen atoms in total. The first-order valence-electron chi connectivity index (χ1n) is 7.89. The van der Waals surface area contributed by atoms with Crippen molar-refractivity contribution in [3.05, 3.63) is 46.5 Å². The summed E-state index contributed by atoms with van der Waals surface area (Å²) in [7, 11) is 0. The number of para-hydroxylation sites is 2. The van der Waals surface area contributed by atoms with E-state index in [-0.39, 0.29) is 46.9 Å². The minimum atomic E-state index is -0.539. The third kappa shape index (κ3) is 1.48. The number of nitrogens with zero attached hydrogens (tertiary/aromatic N) is 2. The van der Waals surface area contributed by atoms with E-state index in [1.54, 1.807) is 12.1 Å². The van der Waals surface area contributed by atoms with Gasteiger partial charge in [0.05, 0.1) is 16.8 Å². The van der Waals surface area contributed by atoms with Crippen LogP contribution in [0.4, 0.5) is 11.4 Å². The lowest BCUT2D eigenvalue weighted by Gasteiger charge is -2.37. The van der Waals surface area contributed by atoms with Gasteiger partial charge in [-0.05, 0) is 36.2 Å². The second kappa shape index (κ2) is 4.07. The van der Waals surface area contributed by atoms with Gasteiger partial charge in [-0.3, -0.25) is 19.7 Å². The van der Waals surface area contributed by atoms with Gasteiger partial charge in [-0.1, -0.05) is 24.3 Å². The lowest BCUT2D eigenvalue weighted by atomic mass is 9.63. The zero-order valence-electron chi connectivity index (χ0n) is 12.2. The Labute approximate surface area is 131 Å². The van der Waals surface area contributed by atoms with Crippen LogP contribution in [-0.4, -0.2) is 16.7 Å². The Kier molecular flexibility index (Phi) is 2.30. The number of hydrogen-bond acceptors (Lipinski definition) is 4. The van der Waals surface area contributed by atoms with Crippen molar-refractivity contribution in [2.45, 2.75) is 6.42 Å². The van der Waals surface area contributed by atoms with Crippen molar-refractivity contribution < 1.29 is 14.5 Å². The fraction of sp³-hybridized carbons (Fsp3) is 0.412. The number of benzene rings is 1. The number of nitro groups is 1. The summed E-state index contributed by atoms with van der Waals surface area (Å²) in [4.78, 5) is 37.6. The molecule has 2 saturated carbocycles. The first-order valence-corrected chi connectivity index (χ1v) is 7.89. The number of amides is 2. The van der Waals surface area contributed by atoms with Gasteiger partial charge in [0, 0.05) is 6.07 Å². The number of anilines is 1. The third-order valence-corrected chi connectivity index (χ3v) is 5.98. The van der Waals surface area contributed by atoms with Crippen molar-refractivity contribution in [2.24, 2.45) is 35.5 Å². The minimum Gasteiger partial charge on any atom is -0.274 e. The number of hydrogen-bond donors (Lipinski definition) is 0. The van der Waals surface area contributed by atoms with E-state index in [1.807, 2.05) is 0 Å². The van der Waals surface area contributed by atoms with Crippen LogP contribution in [0.1, 0.15) is 6.42 Å². The maximum Gasteiger partial charge on any atom is 0.293 e. The highest BCUT2D eigenvalue weighted by Crippen LogP contribution is 2.65. The molecule has 23 heavy (non-hydrogen) atoms. The molecule has 1 saturated heterocycles. The summed E-state index contributed by atoms with van der Waals surface area (Å²) in [6.07, 6.45) is 5.28. The van der Waals surface area contributed by atoms with Gasteiger partial charge in [-0.2, -0.15) is 0 Å². The van der Waals surface area contributed by atoms with Gasteiger partial charge in [0.25, 0.3) is 5.69 Å². The molecular weight excluding hydrogens is 296 g/mol. The van der Waals surface area contributed by atoms with Crippen LogP contribution in [0.3, 0.4) is 0 Å². The van der Waals surface area contributed by atoms with Crippen molar-refractivity contribution in [1.29, 1.82) is 0 Å². The van der Waals surface area contributed by atoms with Crippen LogP contribution in [0.5, 0.6) is 0 Å². The van der Waals surface area contributed by atoms with Crippen molar-refractivity contribution in [2.75, 3.05) is 4.90 Å². The molecule has 0 radical (unpaired) electrons. The van der Waals surface area contributed by atoms with Gasteiger partial charge in [-0.25, -0.2) is 4.90 Å². The number of nitro benzene ring substituents is 1. The van der Waals surface area contributed by atoms with Crippen LogP contribution in [-0.2, 0) is 9.59 Å². The van der Waals surface area contributed by atoms with Gasteiger partial charge in [-0.15, -0.1) is 0 Å². The van der Waals surface area contributed by atoms with E-state index in [0.717, 1.165) is 11.3 Å². The molecule has 2 bridgehead atoms. The van der Waals surface area contributed by atoms with E-state index in [0.29, 0.717) is 11.8 Å². The second-order valence-electron chi connectivity index (χ2n) is 6.91. The van der Waals surface area contributed by atoms with Gasteiger partial charge < -0.3 is 0 Å². The lowest BCUT2D eigenvalue weighted by molar-refractivity contribution is -0.384. The maximum atomic E-state index is 12.9. The van der Waals surface area contributed by atoms with E-state index in [1.165, 1.54) is 12.1 Å². The molecule has 6 heteroatoms. The van der Waals surface area contributed by atoms with Crippen molar-refractivity contribution >= 4 is 23.2 Å². The van der Waals surface area contributed by atoms with Crippen LogP contribution in [0.2, 0.25) is 0 Å². The molecule has 2 amide bonds. The SMILES string of the molecule is O=C1[C@@H]2[C@H]3C=C[C@H]([C@H]4C[C@H]34)[C@@H]2C(=O)N1c1ccccc1[N+](=O)[O-]. The molecule has 0 spiro atoms. The molecule has 1 aromatic rings. The van der Waals surface area contributed by atoms with Gasteiger partial charge in [0.15, 0.2) is 0 Å². The highest BCUT2D eigenvalue weighted by atomic mass is 16.6. The summed E-state index contributed by atoms with van der Waals surface area (Å²) in [5, 5.41) is 11.3. The van der Waals surface area contributed by atoms with E-state index in [4.69, 9.17) is 0 Å². The summed E-state index contributed by atoms with van der Waals surface area (Å²) in [6.45, 7) is 0. The minimum absolute atomic E-state index is 0.106. The molecule has 116 valence electrons. The second-order valence-corrected chi connectivity index (χ2v) is 6.91. The van der Waals surface area contributed by atoms with E-state index >= 15 is 0 Å². The van der Waals surface area contributed by atoms with Crippen molar-refractivity contribution in [1.82, 2.24) is 0 Å². The lowest BCUT2D eigenvalue weighted by Crippen LogP contribution is -2.40. The summed E-state index contributed by atoms with van der Waals surface area (Å²) in [5.74, 6) is 0.0981. The highest BCUT2D eigenvalue weighted by Gasteiger charge is 2.67. The molecule has 1 aliphatic heterocycles. The van der Waals surface area contributed by atoms with Crippen LogP contribution in [0, 0.1) is 45.6 Å². The first kappa shape index (κ1) is 13.0. The molecule has 1 aromatic carbocycles. The van der Waals surface area contributed by atoms with Gasteiger partial charge in [0.1, 0.15) is 5.69 Å². The molecule has 3 fully saturated rings. The Hall–Kier alpha value is -2.50. The largest absolute Gasteiger partial charge is 0.293 e. The number of carbonyl (C=O) groups excluding carboxylic acids is 2. The van der Waals surface area contributed by atoms with E-state index in [2.05, 4.69) is 12.2 Å². The quantitative estimate of drug-likeness (QED) is 0.363. The molecule has 0 N–H and O–H groups in total. The Bertz CT molecular complexity index is 766. The van der Waals surface area contributed by atoms with E-state index in [9.17, 15) is 19.7 Å². The fourth-order valence-electron chi connectivity index (χ4n) is 5.00. The Morgan fingerprint density at radius 3 is 2.13 bits per heavy atom. The standard InChI is InChI=1S/C17H14N2O4/c20-16-14-8-5-6-9(11-7-10(8)11)15(14)17(21)18(16)12-3-1-2-4-13(12)19(22)23/h1-6,8-11,14-15H,7H2/t8-,9+,10-,11-,14+,15-/m1/s1. The highest BCUT2D eigenvalue weighted by molar-refractivity contribution is 6.23. The van der Waals surface area contributed by atoms with Gasteiger partial charge in [0.2, 0.25) is 11.8 Å². The third-order valence-electron chi connectivity index (χ3n) is 5.98. The molecule has 1 heterocycles. The van der Waals surface area contributed by atoms with Crippen molar-refractivity contribution in [3.8, 4) is 0 Å². The average molecular weight is 310 g/mol. The van der Waals surface area contributed by atoms with Crippen LogP contribution >= 0.6 is 0 Å². The number of rotatable bonds is 2. The molecule has 0 unspecified atom stereocenters.